The highest BCUT2D eigenvalue weighted by molar-refractivity contribution is 6.32. The van der Waals surface area contributed by atoms with Crippen molar-refractivity contribution in [3.05, 3.63) is 38.9 Å². The van der Waals surface area contributed by atoms with Crippen molar-refractivity contribution >= 4 is 29.1 Å². The summed E-state index contributed by atoms with van der Waals surface area (Å²) in [7, 11) is 0. The molecular formula is C12H14ClN3O4. The number of rotatable bonds is 5. The van der Waals surface area contributed by atoms with Crippen LogP contribution in [0.4, 0.5) is 5.69 Å². The van der Waals surface area contributed by atoms with E-state index in [-0.39, 0.29) is 22.7 Å². The number of primary amides is 1. The number of hydrogen-bond acceptors (Lipinski definition) is 4. The van der Waals surface area contributed by atoms with Gasteiger partial charge >= 0.3 is 0 Å². The summed E-state index contributed by atoms with van der Waals surface area (Å²) in [5.74, 6) is -1.10. The number of nitrogens with one attached hydrogen (secondary N) is 1. The van der Waals surface area contributed by atoms with Crippen LogP contribution in [0.2, 0.25) is 5.02 Å². The molecule has 0 aliphatic heterocycles. The molecule has 0 spiro atoms. The maximum absolute atomic E-state index is 12.0. The summed E-state index contributed by atoms with van der Waals surface area (Å²) in [5.41, 5.74) is 3.96. The van der Waals surface area contributed by atoms with Gasteiger partial charge in [0.05, 0.1) is 4.92 Å². The van der Waals surface area contributed by atoms with Gasteiger partial charge in [0.2, 0.25) is 5.91 Å². The molecule has 0 aliphatic rings. The number of hydrogen-bond donors (Lipinski definition) is 2. The van der Waals surface area contributed by atoms with Crippen molar-refractivity contribution < 1.29 is 14.5 Å². The third-order valence-corrected chi connectivity index (χ3v) is 2.79. The summed E-state index contributed by atoms with van der Waals surface area (Å²) in [6.07, 6.45) is -0.0472. The quantitative estimate of drug-likeness (QED) is 0.635. The molecule has 108 valence electrons. The van der Waals surface area contributed by atoms with Crippen LogP contribution in [0.15, 0.2) is 18.2 Å². The average Bonchev–Trinajstić information content (AvgIpc) is 2.26. The van der Waals surface area contributed by atoms with Gasteiger partial charge in [-0.15, -0.1) is 0 Å². The van der Waals surface area contributed by atoms with Gasteiger partial charge in [-0.2, -0.15) is 0 Å². The highest BCUT2D eigenvalue weighted by atomic mass is 35.5. The molecule has 0 aromatic heterocycles. The topological polar surface area (TPSA) is 115 Å². The Kier molecular flexibility index (Phi) is 4.67. The van der Waals surface area contributed by atoms with E-state index in [4.69, 9.17) is 17.3 Å². The fourth-order valence-corrected chi connectivity index (χ4v) is 1.84. The molecule has 0 saturated heterocycles. The summed E-state index contributed by atoms with van der Waals surface area (Å²) >= 11 is 5.66. The molecule has 1 aromatic carbocycles. The first kappa shape index (κ1) is 15.9. The van der Waals surface area contributed by atoms with Gasteiger partial charge in [-0.25, -0.2) is 0 Å². The van der Waals surface area contributed by atoms with Crippen molar-refractivity contribution in [3.63, 3.8) is 0 Å². The SMILES string of the molecule is CC(C)(CC(N)=O)NC(=O)c1ccc(Cl)c([N+](=O)[O-])c1. The average molecular weight is 300 g/mol. The second-order valence-corrected chi connectivity index (χ2v) is 5.31. The van der Waals surface area contributed by atoms with E-state index >= 15 is 0 Å². The molecule has 2 amide bonds. The minimum atomic E-state index is -0.850. The molecule has 0 aliphatic carbocycles. The van der Waals surface area contributed by atoms with Gasteiger partial charge in [0.15, 0.2) is 0 Å². The number of halogens is 1. The van der Waals surface area contributed by atoms with Crippen molar-refractivity contribution in [2.24, 2.45) is 5.73 Å². The second-order valence-electron chi connectivity index (χ2n) is 4.90. The van der Waals surface area contributed by atoms with Crippen LogP contribution in [0.1, 0.15) is 30.6 Å². The van der Waals surface area contributed by atoms with E-state index in [9.17, 15) is 19.7 Å². The molecule has 0 radical (unpaired) electrons. The number of carbonyl (C=O) groups is 2. The summed E-state index contributed by atoms with van der Waals surface area (Å²) < 4.78 is 0. The summed E-state index contributed by atoms with van der Waals surface area (Å²) in [6.45, 7) is 3.25. The van der Waals surface area contributed by atoms with Crippen molar-refractivity contribution in [1.29, 1.82) is 0 Å². The van der Waals surface area contributed by atoms with Crippen LogP contribution in [-0.4, -0.2) is 22.3 Å². The Hall–Kier alpha value is -2.15. The Morgan fingerprint density at radius 1 is 1.45 bits per heavy atom. The Balaban J connectivity index is 2.96. The molecule has 0 unspecified atom stereocenters. The Bertz CT molecular complexity index is 572. The highest BCUT2D eigenvalue weighted by Gasteiger charge is 2.24. The van der Waals surface area contributed by atoms with Crippen molar-refractivity contribution in [2.75, 3.05) is 0 Å². The van der Waals surface area contributed by atoms with E-state index in [2.05, 4.69) is 5.32 Å². The number of nitrogens with zero attached hydrogens (tertiary/aromatic N) is 1. The van der Waals surface area contributed by atoms with E-state index in [1.807, 2.05) is 0 Å². The molecule has 0 saturated carbocycles. The van der Waals surface area contributed by atoms with Gasteiger partial charge in [-0.3, -0.25) is 19.7 Å². The van der Waals surface area contributed by atoms with E-state index in [1.54, 1.807) is 13.8 Å². The normalized spacial score (nSPS) is 10.9. The number of benzene rings is 1. The Morgan fingerprint density at radius 2 is 2.05 bits per heavy atom. The minimum Gasteiger partial charge on any atom is -0.370 e. The largest absolute Gasteiger partial charge is 0.370 e. The third-order valence-electron chi connectivity index (χ3n) is 2.47. The zero-order valence-electron chi connectivity index (χ0n) is 11.0. The molecule has 1 aromatic rings. The maximum Gasteiger partial charge on any atom is 0.288 e. The highest BCUT2D eigenvalue weighted by Crippen LogP contribution is 2.25. The lowest BCUT2D eigenvalue weighted by Gasteiger charge is -2.24. The van der Waals surface area contributed by atoms with Gasteiger partial charge in [0.1, 0.15) is 5.02 Å². The lowest BCUT2D eigenvalue weighted by molar-refractivity contribution is -0.384. The van der Waals surface area contributed by atoms with Gasteiger partial charge in [-0.1, -0.05) is 11.6 Å². The molecule has 0 atom stereocenters. The standard InChI is InChI=1S/C12H14ClN3O4/c1-12(2,6-10(14)17)15-11(18)7-3-4-8(13)9(5-7)16(19)20/h3-5H,6H2,1-2H3,(H2,14,17)(H,15,18). The van der Waals surface area contributed by atoms with Crippen molar-refractivity contribution in [2.45, 2.75) is 25.8 Å². The number of nitrogens with two attached hydrogens (primary N) is 1. The van der Waals surface area contributed by atoms with Crippen LogP contribution in [0.3, 0.4) is 0 Å². The monoisotopic (exact) mass is 299 g/mol. The van der Waals surface area contributed by atoms with Crippen LogP contribution >= 0.6 is 11.6 Å². The van der Waals surface area contributed by atoms with Gasteiger partial charge in [0.25, 0.3) is 11.6 Å². The lowest BCUT2D eigenvalue weighted by atomic mass is 9.99. The van der Waals surface area contributed by atoms with E-state index < -0.39 is 22.3 Å². The maximum atomic E-state index is 12.0. The summed E-state index contributed by atoms with van der Waals surface area (Å²) in [6, 6.07) is 3.72. The third kappa shape index (κ3) is 4.20. The first-order valence-electron chi connectivity index (χ1n) is 5.67. The molecule has 3 N–H and O–H groups in total. The molecule has 0 bridgehead atoms. The smallest absolute Gasteiger partial charge is 0.288 e. The number of nitro benzene ring substituents is 1. The van der Waals surface area contributed by atoms with Crippen LogP contribution in [0.5, 0.6) is 0 Å². The zero-order chi connectivity index (χ0) is 15.5. The number of amides is 2. The Labute approximate surface area is 120 Å². The van der Waals surface area contributed by atoms with Crippen molar-refractivity contribution in [3.8, 4) is 0 Å². The Morgan fingerprint density at radius 3 is 2.55 bits per heavy atom. The fourth-order valence-electron chi connectivity index (χ4n) is 1.65. The molecule has 8 heteroatoms. The van der Waals surface area contributed by atoms with Crippen LogP contribution in [0.25, 0.3) is 0 Å². The van der Waals surface area contributed by atoms with Gasteiger partial charge in [0, 0.05) is 23.6 Å². The molecular weight excluding hydrogens is 286 g/mol. The summed E-state index contributed by atoms with van der Waals surface area (Å²) in [5, 5.41) is 13.3. The minimum absolute atomic E-state index is 0.0472. The first-order chi connectivity index (χ1) is 9.12. The number of carbonyl (C=O) groups excluding carboxylic acids is 2. The number of nitro groups is 1. The van der Waals surface area contributed by atoms with E-state index in [0.29, 0.717) is 0 Å². The first-order valence-corrected chi connectivity index (χ1v) is 6.05. The molecule has 1 rings (SSSR count). The van der Waals surface area contributed by atoms with Crippen LogP contribution in [0, 0.1) is 10.1 Å². The molecule has 0 heterocycles. The molecule has 20 heavy (non-hydrogen) atoms. The van der Waals surface area contributed by atoms with Gasteiger partial charge in [-0.05, 0) is 26.0 Å². The predicted molar refractivity (Wildman–Crippen MR) is 73.5 cm³/mol. The van der Waals surface area contributed by atoms with Crippen LogP contribution in [-0.2, 0) is 4.79 Å². The van der Waals surface area contributed by atoms with E-state index in [1.165, 1.54) is 12.1 Å². The zero-order valence-corrected chi connectivity index (χ0v) is 11.7. The predicted octanol–water partition coefficient (Wildman–Crippen LogP) is 1.63. The fraction of sp³-hybridized carbons (Fsp3) is 0.333. The van der Waals surface area contributed by atoms with Crippen LogP contribution < -0.4 is 11.1 Å². The van der Waals surface area contributed by atoms with Crippen molar-refractivity contribution in [1.82, 2.24) is 5.32 Å². The lowest BCUT2D eigenvalue weighted by Crippen LogP contribution is -2.46. The van der Waals surface area contributed by atoms with E-state index in [0.717, 1.165) is 6.07 Å². The van der Waals surface area contributed by atoms with Gasteiger partial charge < -0.3 is 11.1 Å². The summed E-state index contributed by atoms with van der Waals surface area (Å²) in [4.78, 5) is 33.0. The molecule has 0 fully saturated rings. The molecule has 7 nitrogen and oxygen atoms in total. The second kappa shape index (κ2) is 5.87.